The van der Waals surface area contributed by atoms with Gasteiger partial charge in [-0.25, -0.2) is 4.79 Å². The number of hydrogen-bond acceptors (Lipinski definition) is 4. The van der Waals surface area contributed by atoms with Crippen molar-refractivity contribution in [1.82, 2.24) is 15.5 Å². The van der Waals surface area contributed by atoms with Crippen LogP contribution in [0.3, 0.4) is 0 Å². The molecule has 27 heavy (non-hydrogen) atoms. The molecule has 0 aromatic heterocycles. The second kappa shape index (κ2) is 7.86. The van der Waals surface area contributed by atoms with E-state index < -0.39 is 11.1 Å². The van der Waals surface area contributed by atoms with E-state index in [1.807, 2.05) is 12.1 Å². The van der Waals surface area contributed by atoms with Gasteiger partial charge in [-0.2, -0.15) is 0 Å². The van der Waals surface area contributed by atoms with Gasteiger partial charge >= 0.3 is 6.03 Å². The highest BCUT2D eigenvalue weighted by Gasteiger charge is 2.67. The van der Waals surface area contributed by atoms with Crippen LogP contribution in [0.4, 0.5) is 4.79 Å². The monoisotopic (exact) mass is 375 g/mol. The smallest absolute Gasteiger partial charge is 0.317 e. The zero-order chi connectivity index (χ0) is 19.5. The molecule has 0 radical (unpaired) electrons. The van der Waals surface area contributed by atoms with Gasteiger partial charge in [0.15, 0.2) is 0 Å². The predicted molar refractivity (Wildman–Crippen MR) is 101 cm³/mol. The lowest BCUT2D eigenvalue weighted by atomic mass is 9.81. The maximum atomic E-state index is 12.2. The SMILES string of the molecule is COCCNC(=O)N1CC(NC(C)=O)(C2(OCc3cccc(C)c3)CC2)C1. The van der Waals surface area contributed by atoms with E-state index in [4.69, 9.17) is 9.47 Å². The molecule has 1 saturated heterocycles. The van der Waals surface area contributed by atoms with Crippen LogP contribution in [0.15, 0.2) is 24.3 Å². The number of methoxy groups -OCH3 is 1. The highest BCUT2D eigenvalue weighted by molar-refractivity contribution is 5.78. The maximum Gasteiger partial charge on any atom is 0.317 e. The van der Waals surface area contributed by atoms with E-state index in [2.05, 4.69) is 29.7 Å². The van der Waals surface area contributed by atoms with Crippen molar-refractivity contribution in [2.24, 2.45) is 0 Å². The topological polar surface area (TPSA) is 79.9 Å². The third-order valence-corrected chi connectivity index (χ3v) is 5.38. The molecule has 0 bridgehead atoms. The summed E-state index contributed by atoms with van der Waals surface area (Å²) in [5, 5.41) is 5.91. The molecule has 7 heteroatoms. The number of urea groups is 1. The van der Waals surface area contributed by atoms with Crippen LogP contribution in [-0.2, 0) is 20.9 Å². The summed E-state index contributed by atoms with van der Waals surface area (Å²) < 4.78 is 11.3. The lowest BCUT2D eigenvalue weighted by Gasteiger charge is -2.54. The molecule has 3 amide bonds. The molecule has 0 unspecified atom stereocenters. The summed E-state index contributed by atoms with van der Waals surface area (Å²) in [5.41, 5.74) is 1.40. The molecule has 1 aliphatic heterocycles. The number of hydrogen-bond donors (Lipinski definition) is 2. The van der Waals surface area contributed by atoms with Gasteiger partial charge in [0.1, 0.15) is 5.54 Å². The zero-order valence-electron chi connectivity index (χ0n) is 16.3. The van der Waals surface area contributed by atoms with Gasteiger partial charge in [0.2, 0.25) is 5.91 Å². The van der Waals surface area contributed by atoms with E-state index in [1.165, 1.54) is 12.5 Å². The molecule has 3 rings (SSSR count). The molecule has 148 valence electrons. The number of nitrogens with zero attached hydrogens (tertiary/aromatic N) is 1. The number of ether oxygens (including phenoxy) is 2. The van der Waals surface area contributed by atoms with E-state index >= 15 is 0 Å². The first-order valence-corrected chi connectivity index (χ1v) is 9.40. The summed E-state index contributed by atoms with van der Waals surface area (Å²) in [7, 11) is 1.60. The first kappa shape index (κ1) is 19.6. The Labute approximate surface area is 160 Å². The number of amides is 3. The van der Waals surface area contributed by atoms with Crippen LogP contribution in [-0.4, -0.2) is 61.3 Å². The highest BCUT2D eigenvalue weighted by atomic mass is 16.5. The van der Waals surface area contributed by atoms with Crippen molar-refractivity contribution in [3.05, 3.63) is 35.4 Å². The van der Waals surface area contributed by atoms with Gasteiger partial charge in [-0.15, -0.1) is 0 Å². The first-order chi connectivity index (χ1) is 12.9. The fraction of sp³-hybridized carbons (Fsp3) is 0.600. The van der Waals surface area contributed by atoms with Crippen LogP contribution in [0.25, 0.3) is 0 Å². The summed E-state index contributed by atoms with van der Waals surface area (Å²) in [6.45, 7) is 5.93. The molecule has 1 aromatic rings. The first-order valence-electron chi connectivity index (χ1n) is 9.40. The molecule has 0 atom stereocenters. The van der Waals surface area contributed by atoms with Crippen molar-refractivity contribution < 1.29 is 19.1 Å². The van der Waals surface area contributed by atoms with Crippen LogP contribution < -0.4 is 10.6 Å². The summed E-state index contributed by atoms with van der Waals surface area (Å²) in [6, 6.07) is 8.10. The van der Waals surface area contributed by atoms with Gasteiger partial charge in [-0.3, -0.25) is 4.79 Å². The third-order valence-electron chi connectivity index (χ3n) is 5.38. The van der Waals surface area contributed by atoms with Crippen molar-refractivity contribution in [3.8, 4) is 0 Å². The molecule has 2 N–H and O–H groups in total. The third kappa shape index (κ3) is 4.25. The van der Waals surface area contributed by atoms with Crippen LogP contribution in [0.5, 0.6) is 0 Å². The normalized spacial score (nSPS) is 19.1. The Kier molecular flexibility index (Phi) is 5.72. The quantitative estimate of drug-likeness (QED) is 0.677. The van der Waals surface area contributed by atoms with Crippen molar-refractivity contribution in [2.45, 2.75) is 44.4 Å². The standard InChI is InChI=1S/C20H29N3O4/c1-15-5-4-6-17(11-15)12-27-20(7-8-20)19(22-16(2)24)13-23(14-19)18(25)21-9-10-26-3/h4-6,11H,7-10,12-14H2,1-3H3,(H,21,25)(H,22,24). The number of benzene rings is 1. The highest BCUT2D eigenvalue weighted by Crippen LogP contribution is 2.52. The van der Waals surface area contributed by atoms with E-state index in [9.17, 15) is 9.59 Å². The maximum absolute atomic E-state index is 12.2. The van der Waals surface area contributed by atoms with E-state index in [0.717, 1.165) is 18.4 Å². The molecule has 1 aromatic carbocycles. The van der Waals surface area contributed by atoms with Gasteiger partial charge in [-0.05, 0) is 25.3 Å². The minimum absolute atomic E-state index is 0.0973. The van der Waals surface area contributed by atoms with Crippen molar-refractivity contribution >= 4 is 11.9 Å². The molecule has 0 spiro atoms. The van der Waals surface area contributed by atoms with Gasteiger partial charge in [-0.1, -0.05) is 29.8 Å². The molecule has 7 nitrogen and oxygen atoms in total. The van der Waals surface area contributed by atoms with Crippen molar-refractivity contribution in [1.29, 1.82) is 0 Å². The molecular weight excluding hydrogens is 346 g/mol. The largest absolute Gasteiger partial charge is 0.383 e. The Bertz CT molecular complexity index is 696. The van der Waals surface area contributed by atoms with E-state index in [-0.39, 0.29) is 11.9 Å². The number of carbonyl (C=O) groups excluding carboxylic acids is 2. The number of carbonyl (C=O) groups is 2. The number of rotatable bonds is 8. The summed E-state index contributed by atoms with van der Waals surface area (Å²) >= 11 is 0. The minimum atomic E-state index is -0.513. The average molecular weight is 375 g/mol. The van der Waals surface area contributed by atoms with Crippen molar-refractivity contribution in [2.75, 3.05) is 33.4 Å². The summed E-state index contributed by atoms with van der Waals surface area (Å²) in [4.78, 5) is 25.8. The average Bonchev–Trinajstić information content (AvgIpc) is 3.37. The lowest BCUT2D eigenvalue weighted by Crippen LogP contribution is -2.78. The Morgan fingerprint density at radius 3 is 2.59 bits per heavy atom. The zero-order valence-corrected chi connectivity index (χ0v) is 16.3. The van der Waals surface area contributed by atoms with Gasteiger partial charge in [0.05, 0.1) is 31.9 Å². The van der Waals surface area contributed by atoms with Crippen LogP contribution in [0.2, 0.25) is 0 Å². The molecule has 1 aliphatic carbocycles. The van der Waals surface area contributed by atoms with Gasteiger partial charge < -0.3 is 25.0 Å². The molecule has 1 saturated carbocycles. The number of likely N-dealkylation sites (tertiary alicyclic amines) is 1. The fourth-order valence-corrected chi connectivity index (χ4v) is 3.84. The molecule has 2 aliphatic rings. The summed E-state index contributed by atoms with van der Waals surface area (Å²) in [5.74, 6) is -0.0973. The van der Waals surface area contributed by atoms with Crippen LogP contribution >= 0.6 is 0 Å². The van der Waals surface area contributed by atoms with Crippen LogP contribution in [0, 0.1) is 6.92 Å². The second-order valence-electron chi connectivity index (χ2n) is 7.62. The van der Waals surface area contributed by atoms with Gasteiger partial charge in [0.25, 0.3) is 0 Å². The Morgan fingerprint density at radius 1 is 1.26 bits per heavy atom. The predicted octanol–water partition coefficient (Wildman–Crippen LogP) is 1.59. The lowest BCUT2D eigenvalue weighted by molar-refractivity contribution is -0.134. The Hall–Kier alpha value is -2.12. The van der Waals surface area contributed by atoms with Crippen LogP contribution in [0.1, 0.15) is 30.9 Å². The van der Waals surface area contributed by atoms with Crippen molar-refractivity contribution in [3.63, 3.8) is 0 Å². The number of aryl methyl sites for hydroxylation is 1. The van der Waals surface area contributed by atoms with Gasteiger partial charge in [0, 0.05) is 20.6 Å². The molecule has 2 fully saturated rings. The Balaban J connectivity index is 1.63. The second-order valence-corrected chi connectivity index (χ2v) is 7.62. The number of nitrogens with one attached hydrogen (secondary N) is 2. The fourth-order valence-electron chi connectivity index (χ4n) is 3.84. The summed E-state index contributed by atoms with van der Waals surface area (Å²) in [6.07, 6.45) is 1.77. The molecular formula is C20H29N3O4. The minimum Gasteiger partial charge on any atom is -0.383 e. The van der Waals surface area contributed by atoms with E-state index in [1.54, 1.807) is 12.0 Å². The molecule has 1 heterocycles. The Morgan fingerprint density at radius 2 is 2.00 bits per heavy atom. The van der Waals surface area contributed by atoms with E-state index in [0.29, 0.717) is 32.8 Å².